The molecule has 2 aliphatic heterocycles. The molecule has 0 saturated heterocycles. The van der Waals surface area contributed by atoms with Crippen molar-refractivity contribution in [2.45, 2.75) is 19.3 Å². The SMILES string of the molecule is c1cc2c(cc1C1=NCCCN1)Cc1cc(C3=NCCCN3)ccc1-2. The fourth-order valence-electron chi connectivity index (χ4n) is 3.96. The van der Waals surface area contributed by atoms with E-state index in [1.165, 1.54) is 33.4 Å². The van der Waals surface area contributed by atoms with Crippen molar-refractivity contribution >= 4 is 11.7 Å². The van der Waals surface area contributed by atoms with Gasteiger partial charge in [-0.1, -0.05) is 24.3 Å². The standard InChI is InChI=1S/C21H22N4/c1-7-22-20(23-8-1)14-3-5-18-16(11-14)13-17-12-15(4-6-19(17)18)21-24-9-2-10-25-21/h3-6,11-12H,1-2,7-10,13H2,(H,22,23)(H,24,25). The maximum atomic E-state index is 4.63. The van der Waals surface area contributed by atoms with Crippen molar-refractivity contribution in [2.24, 2.45) is 9.98 Å². The first kappa shape index (κ1) is 14.7. The van der Waals surface area contributed by atoms with Crippen molar-refractivity contribution in [3.05, 3.63) is 58.7 Å². The molecule has 0 bridgehead atoms. The molecular formula is C21H22N4. The van der Waals surface area contributed by atoms with E-state index in [4.69, 9.17) is 0 Å². The zero-order valence-corrected chi connectivity index (χ0v) is 14.3. The Morgan fingerprint density at radius 1 is 0.680 bits per heavy atom. The highest BCUT2D eigenvalue weighted by Crippen LogP contribution is 2.37. The Balaban J connectivity index is 1.48. The fourth-order valence-corrected chi connectivity index (χ4v) is 3.96. The van der Waals surface area contributed by atoms with E-state index in [1.807, 2.05) is 0 Å². The summed E-state index contributed by atoms with van der Waals surface area (Å²) in [6.07, 6.45) is 3.24. The first-order valence-corrected chi connectivity index (χ1v) is 9.22. The molecule has 0 unspecified atom stereocenters. The highest BCUT2D eigenvalue weighted by atomic mass is 15.0. The molecule has 2 aromatic rings. The van der Waals surface area contributed by atoms with E-state index >= 15 is 0 Å². The van der Waals surface area contributed by atoms with E-state index in [2.05, 4.69) is 57.0 Å². The first-order chi connectivity index (χ1) is 12.4. The van der Waals surface area contributed by atoms with Crippen LogP contribution in [0.2, 0.25) is 0 Å². The second kappa shape index (κ2) is 6.03. The van der Waals surface area contributed by atoms with Crippen molar-refractivity contribution in [3.63, 3.8) is 0 Å². The predicted octanol–water partition coefficient (Wildman–Crippen LogP) is 2.74. The van der Waals surface area contributed by atoms with Gasteiger partial charge in [0.1, 0.15) is 11.7 Å². The Bertz CT molecular complexity index is 821. The predicted molar refractivity (Wildman–Crippen MR) is 103 cm³/mol. The van der Waals surface area contributed by atoms with E-state index in [1.54, 1.807) is 0 Å². The first-order valence-electron chi connectivity index (χ1n) is 9.22. The highest BCUT2D eigenvalue weighted by molar-refractivity contribution is 6.01. The molecule has 2 heterocycles. The van der Waals surface area contributed by atoms with Gasteiger partial charge >= 0.3 is 0 Å². The summed E-state index contributed by atoms with van der Waals surface area (Å²) in [6, 6.07) is 13.5. The third kappa shape index (κ3) is 2.62. The number of aliphatic imine (C=N–C) groups is 2. The Kier molecular flexibility index (Phi) is 3.54. The van der Waals surface area contributed by atoms with Gasteiger partial charge in [-0.3, -0.25) is 9.98 Å². The molecule has 0 fully saturated rings. The molecule has 0 saturated carbocycles. The monoisotopic (exact) mass is 330 g/mol. The van der Waals surface area contributed by atoms with Crippen molar-refractivity contribution in [2.75, 3.05) is 26.2 Å². The van der Waals surface area contributed by atoms with Crippen LogP contribution in [0, 0.1) is 0 Å². The van der Waals surface area contributed by atoms with Gasteiger partial charge in [-0.15, -0.1) is 0 Å². The van der Waals surface area contributed by atoms with E-state index in [0.29, 0.717) is 0 Å². The number of amidine groups is 2. The van der Waals surface area contributed by atoms with Gasteiger partial charge in [0.25, 0.3) is 0 Å². The number of hydrogen-bond donors (Lipinski definition) is 2. The van der Waals surface area contributed by atoms with Crippen LogP contribution in [0.15, 0.2) is 46.4 Å². The van der Waals surface area contributed by atoms with Crippen LogP contribution >= 0.6 is 0 Å². The summed E-state index contributed by atoms with van der Waals surface area (Å²) in [6.45, 7) is 3.90. The van der Waals surface area contributed by atoms with Crippen LogP contribution in [-0.4, -0.2) is 37.9 Å². The van der Waals surface area contributed by atoms with Gasteiger partial charge in [0.15, 0.2) is 0 Å². The Morgan fingerprint density at radius 3 is 1.64 bits per heavy atom. The summed E-state index contributed by atoms with van der Waals surface area (Å²) in [7, 11) is 0. The zero-order valence-electron chi connectivity index (χ0n) is 14.3. The lowest BCUT2D eigenvalue weighted by atomic mass is 10.0. The van der Waals surface area contributed by atoms with Gasteiger partial charge in [0.2, 0.25) is 0 Å². The molecule has 3 aliphatic rings. The topological polar surface area (TPSA) is 48.8 Å². The smallest absolute Gasteiger partial charge is 0.128 e. The molecule has 4 nitrogen and oxygen atoms in total. The lowest BCUT2D eigenvalue weighted by molar-refractivity contribution is 0.742. The minimum Gasteiger partial charge on any atom is -0.370 e. The molecule has 0 amide bonds. The molecular weight excluding hydrogens is 308 g/mol. The molecule has 25 heavy (non-hydrogen) atoms. The van der Waals surface area contributed by atoms with Gasteiger partial charge in [-0.25, -0.2) is 0 Å². The summed E-state index contributed by atoms with van der Waals surface area (Å²) >= 11 is 0. The molecule has 2 aromatic carbocycles. The number of rotatable bonds is 2. The summed E-state index contributed by atoms with van der Waals surface area (Å²) in [5.41, 5.74) is 7.95. The molecule has 2 N–H and O–H groups in total. The van der Waals surface area contributed by atoms with Crippen molar-refractivity contribution in [1.29, 1.82) is 0 Å². The van der Waals surface area contributed by atoms with Crippen LogP contribution in [0.5, 0.6) is 0 Å². The van der Waals surface area contributed by atoms with Crippen LogP contribution in [0.1, 0.15) is 35.1 Å². The average molecular weight is 330 g/mol. The van der Waals surface area contributed by atoms with Gasteiger partial charge in [0.05, 0.1) is 0 Å². The number of nitrogens with one attached hydrogen (secondary N) is 2. The summed E-state index contributed by atoms with van der Waals surface area (Å²) in [5, 5.41) is 6.85. The third-order valence-corrected chi connectivity index (χ3v) is 5.22. The second-order valence-electron chi connectivity index (χ2n) is 6.94. The van der Waals surface area contributed by atoms with Crippen LogP contribution in [0.3, 0.4) is 0 Å². The Morgan fingerprint density at radius 2 is 1.20 bits per heavy atom. The third-order valence-electron chi connectivity index (χ3n) is 5.22. The van der Waals surface area contributed by atoms with Gasteiger partial charge in [0, 0.05) is 37.3 Å². The van der Waals surface area contributed by atoms with Crippen LogP contribution in [0.4, 0.5) is 0 Å². The van der Waals surface area contributed by atoms with E-state index in [9.17, 15) is 0 Å². The van der Waals surface area contributed by atoms with Crippen molar-refractivity contribution in [3.8, 4) is 11.1 Å². The van der Waals surface area contributed by atoms with Crippen molar-refractivity contribution in [1.82, 2.24) is 10.6 Å². The van der Waals surface area contributed by atoms with Crippen LogP contribution < -0.4 is 10.6 Å². The van der Waals surface area contributed by atoms with E-state index in [0.717, 1.165) is 57.1 Å². The minimum atomic E-state index is 0.929. The Labute approximate surface area is 148 Å². The van der Waals surface area contributed by atoms with E-state index < -0.39 is 0 Å². The lowest BCUT2D eigenvalue weighted by Crippen LogP contribution is -2.30. The fraction of sp³-hybridized carbons (Fsp3) is 0.333. The maximum absolute atomic E-state index is 4.63. The molecule has 0 aromatic heterocycles. The summed E-state index contributed by atoms with van der Waals surface area (Å²) in [5.74, 6) is 2.10. The number of benzene rings is 2. The second-order valence-corrected chi connectivity index (χ2v) is 6.94. The van der Waals surface area contributed by atoms with Crippen LogP contribution in [0.25, 0.3) is 11.1 Å². The average Bonchev–Trinajstić information content (AvgIpc) is 3.06. The van der Waals surface area contributed by atoms with Gasteiger partial charge in [-0.05, 0) is 53.6 Å². The normalized spacial score (nSPS) is 18.4. The maximum Gasteiger partial charge on any atom is 0.128 e. The molecule has 1 aliphatic carbocycles. The van der Waals surface area contributed by atoms with E-state index in [-0.39, 0.29) is 0 Å². The quantitative estimate of drug-likeness (QED) is 0.759. The summed E-state index contributed by atoms with van der Waals surface area (Å²) < 4.78 is 0. The Hall–Kier alpha value is -2.62. The van der Waals surface area contributed by atoms with Gasteiger partial charge in [-0.2, -0.15) is 0 Å². The summed E-state index contributed by atoms with van der Waals surface area (Å²) in [4.78, 5) is 9.26. The highest BCUT2D eigenvalue weighted by Gasteiger charge is 2.21. The molecule has 126 valence electrons. The molecule has 0 atom stereocenters. The largest absolute Gasteiger partial charge is 0.370 e. The van der Waals surface area contributed by atoms with Crippen molar-refractivity contribution < 1.29 is 0 Å². The lowest BCUT2D eigenvalue weighted by Gasteiger charge is -2.15. The number of hydrogen-bond acceptors (Lipinski definition) is 4. The zero-order chi connectivity index (χ0) is 16.6. The number of nitrogens with zero attached hydrogens (tertiary/aromatic N) is 2. The van der Waals surface area contributed by atoms with Gasteiger partial charge < -0.3 is 10.6 Å². The molecule has 5 rings (SSSR count). The molecule has 4 heteroatoms. The minimum absolute atomic E-state index is 0.929. The number of fused-ring (bicyclic) bond motifs is 3. The van der Waals surface area contributed by atoms with Crippen LogP contribution in [-0.2, 0) is 6.42 Å². The molecule has 0 radical (unpaired) electrons. The molecule has 0 spiro atoms.